The van der Waals surface area contributed by atoms with Crippen molar-refractivity contribution in [3.05, 3.63) is 29.3 Å². The average molecular weight is 250 g/mol. The van der Waals surface area contributed by atoms with Crippen molar-refractivity contribution in [2.45, 2.75) is 46.6 Å². The summed E-state index contributed by atoms with van der Waals surface area (Å²) in [4.78, 5) is 0. The van der Waals surface area contributed by atoms with Crippen LogP contribution in [0, 0.1) is 13.8 Å². The quantitative estimate of drug-likeness (QED) is 0.795. The Morgan fingerprint density at radius 3 is 2.59 bits per heavy atom. The van der Waals surface area contributed by atoms with E-state index in [1.165, 1.54) is 17.5 Å². The SMILES string of the molecule is CCC[C@H](C)NC(=S)Nc1ccc(C)c(C)c1. The van der Waals surface area contributed by atoms with Crippen molar-refractivity contribution in [1.29, 1.82) is 0 Å². The summed E-state index contributed by atoms with van der Waals surface area (Å²) < 4.78 is 0. The highest BCUT2D eigenvalue weighted by Gasteiger charge is 2.03. The van der Waals surface area contributed by atoms with E-state index in [1.807, 2.05) is 0 Å². The number of rotatable bonds is 4. The van der Waals surface area contributed by atoms with E-state index in [0.29, 0.717) is 11.2 Å². The van der Waals surface area contributed by atoms with Gasteiger partial charge in [0.1, 0.15) is 0 Å². The molecular weight excluding hydrogens is 228 g/mol. The lowest BCUT2D eigenvalue weighted by molar-refractivity contribution is 0.599. The second-order valence-corrected chi connectivity index (χ2v) is 5.00. The standard InChI is InChI=1S/C14H22N2S/c1-5-6-12(4)15-14(17)16-13-8-7-10(2)11(3)9-13/h7-9,12H,5-6H2,1-4H3,(H2,15,16,17)/t12-/m0/s1. The van der Waals surface area contributed by atoms with Crippen molar-refractivity contribution < 1.29 is 0 Å². The molecule has 2 nitrogen and oxygen atoms in total. The monoisotopic (exact) mass is 250 g/mol. The van der Waals surface area contributed by atoms with Crippen molar-refractivity contribution in [2.75, 3.05) is 5.32 Å². The molecule has 0 amide bonds. The molecule has 0 aliphatic rings. The van der Waals surface area contributed by atoms with Crippen molar-refractivity contribution in [1.82, 2.24) is 5.32 Å². The minimum Gasteiger partial charge on any atom is -0.360 e. The number of anilines is 1. The third-order valence-corrected chi connectivity index (χ3v) is 3.08. The summed E-state index contributed by atoms with van der Waals surface area (Å²) >= 11 is 5.28. The largest absolute Gasteiger partial charge is 0.360 e. The highest BCUT2D eigenvalue weighted by molar-refractivity contribution is 7.80. The molecule has 94 valence electrons. The zero-order chi connectivity index (χ0) is 12.8. The zero-order valence-electron chi connectivity index (χ0n) is 11.1. The van der Waals surface area contributed by atoms with Crippen LogP contribution in [0.25, 0.3) is 0 Å². The first-order valence-electron chi connectivity index (χ1n) is 6.17. The third-order valence-electron chi connectivity index (χ3n) is 2.86. The molecule has 0 radical (unpaired) electrons. The van der Waals surface area contributed by atoms with E-state index < -0.39 is 0 Å². The van der Waals surface area contributed by atoms with Gasteiger partial charge in [0.2, 0.25) is 0 Å². The molecule has 0 heterocycles. The maximum atomic E-state index is 5.28. The van der Waals surface area contributed by atoms with E-state index in [9.17, 15) is 0 Å². The Morgan fingerprint density at radius 2 is 2.00 bits per heavy atom. The van der Waals surface area contributed by atoms with Crippen LogP contribution in [0.2, 0.25) is 0 Å². The van der Waals surface area contributed by atoms with Gasteiger partial charge in [0.05, 0.1) is 0 Å². The van der Waals surface area contributed by atoms with Crippen LogP contribution in [-0.2, 0) is 0 Å². The number of hydrogen-bond donors (Lipinski definition) is 2. The van der Waals surface area contributed by atoms with Crippen LogP contribution in [0.5, 0.6) is 0 Å². The first-order chi connectivity index (χ1) is 8.02. The van der Waals surface area contributed by atoms with Crippen LogP contribution in [0.4, 0.5) is 5.69 Å². The average Bonchev–Trinajstić information content (AvgIpc) is 2.23. The highest BCUT2D eigenvalue weighted by Crippen LogP contribution is 2.14. The smallest absolute Gasteiger partial charge is 0.170 e. The van der Waals surface area contributed by atoms with Crippen LogP contribution < -0.4 is 10.6 Å². The molecule has 3 heteroatoms. The summed E-state index contributed by atoms with van der Waals surface area (Å²) in [6.45, 7) is 8.55. The van der Waals surface area contributed by atoms with Gasteiger partial charge in [0, 0.05) is 11.7 Å². The van der Waals surface area contributed by atoms with Crippen molar-refractivity contribution in [3.8, 4) is 0 Å². The van der Waals surface area contributed by atoms with Crippen LogP contribution in [0.1, 0.15) is 37.8 Å². The molecule has 1 rings (SSSR count). The van der Waals surface area contributed by atoms with Crippen LogP contribution in [-0.4, -0.2) is 11.2 Å². The van der Waals surface area contributed by atoms with Crippen molar-refractivity contribution in [3.63, 3.8) is 0 Å². The maximum Gasteiger partial charge on any atom is 0.170 e. The summed E-state index contributed by atoms with van der Waals surface area (Å²) in [5, 5.41) is 7.21. The van der Waals surface area contributed by atoms with E-state index >= 15 is 0 Å². The summed E-state index contributed by atoms with van der Waals surface area (Å²) in [5.74, 6) is 0. The van der Waals surface area contributed by atoms with Gasteiger partial charge in [0.25, 0.3) is 0 Å². The van der Waals surface area contributed by atoms with E-state index in [1.54, 1.807) is 0 Å². The number of hydrogen-bond acceptors (Lipinski definition) is 1. The fourth-order valence-corrected chi connectivity index (χ4v) is 2.03. The predicted molar refractivity (Wildman–Crippen MR) is 79.6 cm³/mol. The molecule has 0 aromatic heterocycles. The predicted octanol–water partition coefficient (Wildman–Crippen LogP) is 3.78. The Morgan fingerprint density at radius 1 is 1.29 bits per heavy atom. The van der Waals surface area contributed by atoms with E-state index in [4.69, 9.17) is 12.2 Å². The molecular formula is C14H22N2S. The molecule has 17 heavy (non-hydrogen) atoms. The molecule has 0 aliphatic carbocycles. The van der Waals surface area contributed by atoms with Gasteiger partial charge in [-0.05, 0) is 62.7 Å². The Hall–Kier alpha value is -1.09. The highest BCUT2D eigenvalue weighted by atomic mass is 32.1. The first-order valence-corrected chi connectivity index (χ1v) is 6.58. The molecule has 0 saturated carbocycles. The molecule has 1 aromatic rings. The molecule has 2 N–H and O–H groups in total. The molecule has 0 bridgehead atoms. The second-order valence-electron chi connectivity index (χ2n) is 4.59. The minimum absolute atomic E-state index is 0.423. The van der Waals surface area contributed by atoms with Crippen LogP contribution >= 0.6 is 12.2 Å². The van der Waals surface area contributed by atoms with E-state index in [0.717, 1.165) is 12.1 Å². The number of nitrogens with one attached hydrogen (secondary N) is 2. The Kier molecular flexibility index (Phi) is 5.42. The van der Waals surface area contributed by atoms with Gasteiger partial charge in [-0.15, -0.1) is 0 Å². The fraction of sp³-hybridized carbons (Fsp3) is 0.500. The lowest BCUT2D eigenvalue weighted by Gasteiger charge is -2.16. The van der Waals surface area contributed by atoms with E-state index in [-0.39, 0.29) is 0 Å². The molecule has 0 unspecified atom stereocenters. The van der Waals surface area contributed by atoms with Crippen LogP contribution in [0.15, 0.2) is 18.2 Å². The molecule has 1 aromatic carbocycles. The Labute approximate surface area is 110 Å². The molecule has 0 aliphatic heterocycles. The number of aryl methyl sites for hydroxylation is 2. The molecule has 0 spiro atoms. The number of thiocarbonyl (C=S) groups is 1. The van der Waals surface area contributed by atoms with Gasteiger partial charge in [0.15, 0.2) is 5.11 Å². The van der Waals surface area contributed by atoms with Crippen molar-refractivity contribution >= 4 is 23.0 Å². The van der Waals surface area contributed by atoms with Gasteiger partial charge in [-0.1, -0.05) is 19.4 Å². The van der Waals surface area contributed by atoms with E-state index in [2.05, 4.69) is 56.5 Å². The van der Waals surface area contributed by atoms with Gasteiger partial charge < -0.3 is 10.6 Å². The maximum absolute atomic E-state index is 5.28. The third kappa shape index (κ3) is 4.73. The Bertz CT molecular complexity index is 388. The Balaban J connectivity index is 2.53. The number of benzene rings is 1. The van der Waals surface area contributed by atoms with Gasteiger partial charge in [-0.3, -0.25) is 0 Å². The lowest BCUT2D eigenvalue weighted by atomic mass is 10.1. The summed E-state index contributed by atoms with van der Waals surface area (Å²) in [6.07, 6.45) is 2.30. The topological polar surface area (TPSA) is 24.1 Å². The summed E-state index contributed by atoms with van der Waals surface area (Å²) in [7, 11) is 0. The summed E-state index contributed by atoms with van der Waals surface area (Å²) in [5.41, 5.74) is 3.63. The normalized spacial score (nSPS) is 12.0. The molecule has 1 atom stereocenters. The van der Waals surface area contributed by atoms with Gasteiger partial charge in [-0.2, -0.15) is 0 Å². The first kappa shape index (κ1) is 14.0. The van der Waals surface area contributed by atoms with Crippen LogP contribution in [0.3, 0.4) is 0 Å². The summed E-state index contributed by atoms with van der Waals surface area (Å²) in [6, 6.07) is 6.70. The second kappa shape index (κ2) is 6.60. The fourth-order valence-electron chi connectivity index (χ4n) is 1.72. The minimum atomic E-state index is 0.423. The molecule has 0 saturated heterocycles. The van der Waals surface area contributed by atoms with Crippen molar-refractivity contribution in [2.24, 2.45) is 0 Å². The molecule has 0 fully saturated rings. The lowest BCUT2D eigenvalue weighted by Crippen LogP contribution is -2.35. The zero-order valence-corrected chi connectivity index (χ0v) is 11.9. The van der Waals surface area contributed by atoms with Gasteiger partial charge in [-0.25, -0.2) is 0 Å². The van der Waals surface area contributed by atoms with Gasteiger partial charge >= 0.3 is 0 Å².